The largest absolute Gasteiger partial charge is 0.356 e. The van der Waals surface area contributed by atoms with Gasteiger partial charge in [0.05, 0.1) is 0 Å². The van der Waals surface area contributed by atoms with Gasteiger partial charge in [0.1, 0.15) is 17.3 Å². The number of hydrogen-bond donors (Lipinski definition) is 0. The third-order valence-corrected chi connectivity index (χ3v) is 3.28. The summed E-state index contributed by atoms with van der Waals surface area (Å²) >= 11 is 6.00. The summed E-state index contributed by atoms with van der Waals surface area (Å²) in [5.41, 5.74) is 1.00. The average molecular weight is 226 g/mol. The summed E-state index contributed by atoms with van der Waals surface area (Å²) < 4.78 is 0. The molecule has 4 heteroatoms. The molecule has 0 aromatic carbocycles. The van der Waals surface area contributed by atoms with Gasteiger partial charge in [0.15, 0.2) is 0 Å². The maximum Gasteiger partial charge on any atom is 0.137 e. The highest BCUT2D eigenvalue weighted by atomic mass is 35.5. The van der Waals surface area contributed by atoms with E-state index in [2.05, 4.69) is 14.9 Å². The van der Waals surface area contributed by atoms with Crippen LogP contribution in [0, 0.1) is 6.92 Å². The van der Waals surface area contributed by atoms with Crippen LogP contribution in [0.1, 0.15) is 31.2 Å². The summed E-state index contributed by atoms with van der Waals surface area (Å²) in [4.78, 5) is 10.6. The molecule has 2 heterocycles. The number of anilines is 1. The molecule has 1 aliphatic heterocycles. The van der Waals surface area contributed by atoms with Crippen molar-refractivity contribution in [3.63, 3.8) is 0 Å². The standard InChI is InChI=1S/C11H16ClN3/c1-9-10(12)13-8-14-11(9)15-6-4-2-3-5-7-15/h8H,2-7H2,1H3. The average Bonchev–Trinajstić information content (AvgIpc) is 2.50. The monoisotopic (exact) mass is 225 g/mol. The van der Waals surface area contributed by atoms with Crippen LogP contribution >= 0.6 is 11.6 Å². The van der Waals surface area contributed by atoms with Gasteiger partial charge in [-0.3, -0.25) is 0 Å². The molecule has 0 unspecified atom stereocenters. The lowest BCUT2D eigenvalue weighted by molar-refractivity contribution is 0.726. The summed E-state index contributed by atoms with van der Waals surface area (Å²) in [5.74, 6) is 1.01. The Morgan fingerprint density at radius 2 is 1.80 bits per heavy atom. The first-order chi connectivity index (χ1) is 7.29. The van der Waals surface area contributed by atoms with E-state index in [0.29, 0.717) is 5.15 Å². The molecule has 82 valence electrons. The number of nitrogens with zero attached hydrogens (tertiary/aromatic N) is 3. The molecule has 1 saturated heterocycles. The Hall–Kier alpha value is -0.830. The number of hydrogen-bond acceptors (Lipinski definition) is 3. The third kappa shape index (κ3) is 2.40. The van der Waals surface area contributed by atoms with Crippen LogP contribution in [0.5, 0.6) is 0 Å². The first kappa shape index (κ1) is 10.7. The van der Waals surface area contributed by atoms with E-state index in [1.54, 1.807) is 6.33 Å². The van der Waals surface area contributed by atoms with Crippen molar-refractivity contribution in [1.29, 1.82) is 0 Å². The molecule has 0 N–H and O–H groups in total. The smallest absolute Gasteiger partial charge is 0.137 e. The van der Waals surface area contributed by atoms with Crippen LogP contribution in [0.2, 0.25) is 5.15 Å². The maximum absolute atomic E-state index is 6.00. The SMILES string of the molecule is Cc1c(Cl)ncnc1N1CCCCCC1. The molecule has 15 heavy (non-hydrogen) atoms. The number of aromatic nitrogens is 2. The van der Waals surface area contributed by atoms with Crippen LogP contribution in [-0.2, 0) is 0 Å². The van der Waals surface area contributed by atoms with Gasteiger partial charge in [0.2, 0.25) is 0 Å². The third-order valence-electron chi connectivity index (χ3n) is 2.90. The Bertz CT molecular complexity index is 333. The van der Waals surface area contributed by atoms with E-state index >= 15 is 0 Å². The molecule has 0 bridgehead atoms. The van der Waals surface area contributed by atoms with Crippen molar-refractivity contribution in [2.24, 2.45) is 0 Å². The molecule has 1 aromatic heterocycles. The molecule has 1 aliphatic rings. The Morgan fingerprint density at radius 1 is 1.13 bits per heavy atom. The van der Waals surface area contributed by atoms with Crippen molar-refractivity contribution in [3.8, 4) is 0 Å². The Kier molecular flexibility index (Phi) is 3.41. The lowest BCUT2D eigenvalue weighted by Gasteiger charge is -2.22. The van der Waals surface area contributed by atoms with Gasteiger partial charge in [0, 0.05) is 18.7 Å². The Balaban J connectivity index is 2.23. The van der Waals surface area contributed by atoms with Crippen LogP contribution in [-0.4, -0.2) is 23.1 Å². The van der Waals surface area contributed by atoms with Crippen molar-refractivity contribution >= 4 is 17.4 Å². The second-order valence-corrected chi connectivity index (χ2v) is 4.37. The fraction of sp³-hybridized carbons (Fsp3) is 0.636. The maximum atomic E-state index is 6.00. The molecule has 1 aromatic rings. The van der Waals surface area contributed by atoms with Crippen molar-refractivity contribution in [2.45, 2.75) is 32.6 Å². The topological polar surface area (TPSA) is 29.0 Å². The summed E-state index contributed by atoms with van der Waals surface area (Å²) in [6, 6.07) is 0. The molecule has 1 fully saturated rings. The molecule has 0 amide bonds. The van der Waals surface area contributed by atoms with Gasteiger partial charge >= 0.3 is 0 Å². The zero-order valence-corrected chi connectivity index (χ0v) is 9.80. The molecular formula is C11H16ClN3. The van der Waals surface area contributed by atoms with Gasteiger partial charge < -0.3 is 4.90 Å². The normalized spacial score (nSPS) is 17.6. The lowest BCUT2D eigenvalue weighted by Crippen LogP contribution is -2.25. The van der Waals surface area contributed by atoms with Gasteiger partial charge in [-0.1, -0.05) is 24.4 Å². The van der Waals surface area contributed by atoms with E-state index in [9.17, 15) is 0 Å². The van der Waals surface area contributed by atoms with Crippen LogP contribution < -0.4 is 4.90 Å². The zero-order chi connectivity index (χ0) is 10.7. The van der Waals surface area contributed by atoms with E-state index in [4.69, 9.17) is 11.6 Å². The molecule has 0 aliphatic carbocycles. The van der Waals surface area contributed by atoms with Crippen LogP contribution in [0.25, 0.3) is 0 Å². The minimum Gasteiger partial charge on any atom is -0.356 e. The fourth-order valence-electron chi connectivity index (χ4n) is 2.02. The molecule has 0 atom stereocenters. The van der Waals surface area contributed by atoms with Crippen molar-refractivity contribution in [2.75, 3.05) is 18.0 Å². The molecule has 2 rings (SSSR count). The first-order valence-corrected chi connectivity index (χ1v) is 5.89. The highest BCUT2D eigenvalue weighted by Gasteiger charge is 2.14. The van der Waals surface area contributed by atoms with Gasteiger partial charge in [0.25, 0.3) is 0 Å². The Morgan fingerprint density at radius 3 is 2.47 bits per heavy atom. The van der Waals surface area contributed by atoms with E-state index < -0.39 is 0 Å². The minimum atomic E-state index is 0.573. The van der Waals surface area contributed by atoms with Gasteiger partial charge in [-0.05, 0) is 19.8 Å². The quantitative estimate of drug-likeness (QED) is 0.689. The first-order valence-electron chi connectivity index (χ1n) is 5.51. The fourth-order valence-corrected chi connectivity index (χ4v) is 2.15. The molecule has 0 spiro atoms. The van der Waals surface area contributed by atoms with Crippen LogP contribution in [0.4, 0.5) is 5.82 Å². The van der Waals surface area contributed by atoms with Crippen LogP contribution in [0.15, 0.2) is 6.33 Å². The van der Waals surface area contributed by atoms with E-state index in [1.165, 1.54) is 25.7 Å². The van der Waals surface area contributed by atoms with Crippen molar-refractivity contribution in [1.82, 2.24) is 9.97 Å². The van der Waals surface area contributed by atoms with Crippen molar-refractivity contribution in [3.05, 3.63) is 17.0 Å². The predicted molar refractivity (Wildman–Crippen MR) is 62.5 cm³/mol. The van der Waals surface area contributed by atoms with Gasteiger partial charge in [-0.15, -0.1) is 0 Å². The molecule has 0 radical (unpaired) electrons. The van der Waals surface area contributed by atoms with Crippen LogP contribution in [0.3, 0.4) is 0 Å². The summed E-state index contributed by atoms with van der Waals surface area (Å²) in [5, 5.41) is 0.573. The zero-order valence-electron chi connectivity index (χ0n) is 9.04. The predicted octanol–water partition coefficient (Wildman–Crippen LogP) is 2.82. The molecule has 3 nitrogen and oxygen atoms in total. The van der Waals surface area contributed by atoms with Crippen molar-refractivity contribution < 1.29 is 0 Å². The molecular weight excluding hydrogens is 210 g/mol. The van der Waals surface area contributed by atoms with E-state index in [0.717, 1.165) is 24.5 Å². The lowest BCUT2D eigenvalue weighted by atomic mass is 10.2. The van der Waals surface area contributed by atoms with E-state index in [-0.39, 0.29) is 0 Å². The van der Waals surface area contributed by atoms with Gasteiger partial charge in [-0.25, -0.2) is 9.97 Å². The summed E-state index contributed by atoms with van der Waals surface area (Å²) in [6.45, 7) is 4.17. The highest BCUT2D eigenvalue weighted by Crippen LogP contribution is 2.24. The highest BCUT2D eigenvalue weighted by molar-refractivity contribution is 6.30. The van der Waals surface area contributed by atoms with Gasteiger partial charge in [-0.2, -0.15) is 0 Å². The summed E-state index contributed by atoms with van der Waals surface area (Å²) in [6.07, 6.45) is 6.71. The molecule has 0 saturated carbocycles. The second-order valence-electron chi connectivity index (χ2n) is 4.01. The number of halogens is 1. The second kappa shape index (κ2) is 4.79. The minimum absolute atomic E-state index is 0.573. The number of rotatable bonds is 1. The summed E-state index contributed by atoms with van der Waals surface area (Å²) in [7, 11) is 0. The Labute approximate surface area is 95.5 Å². The van der Waals surface area contributed by atoms with E-state index in [1.807, 2.05) is 6.92 Å².